The molecule has 3 unspecified atom stereocenters. The molecule has 0 spiro atoms. The molecule has 0 fully saturated rings. The minimum atomic E-state index is -0.833. The van der Waals surface area contributed by atoms with Gasteiger partial charge in [-0.25, -0.2) is 10.5 Å². The zero-order chi connectivity index (χ0) is 47.7. The number of hydroxylamine groups is 1. The Bertz CT molecular complexity index is 1910. The summed E-state index contributed by atoms with van der Waals surface area (Å²) >= 11 is 0. The lowest BCUT2D eigenvalue weighted by Gasteiger charge is -2.38. The number of carboxylic acid groups (broad SMARTS) is 1. The standard InChI is InChI=1S/C47H75N6O6P.C2H4O2/c1-11-37(43(56)34(2)47(7,8)33-54)46(5,6)22-14-17-27-60(10)59-26-23-45(3,4)32-49-58-25-16-15-24-53(31-41-50-38-18-12-13-19-39(38)51-41)44(57)35-20-21-36-30-52(9)42(55)29-48-40(36)28-35;1-2(3)4/h12-13,18-21,28,34,37,48-49,54H,11,14-17,22-27,29-33H2,1-10H3,(H,50,51);1H3,(H,3,4). The van der Waals surface area contributed by atoms with Crippen LogP contribution in [0.1, 0.15) is 129 Å². The summed E-state index contributed by atoms with van der Waals surface area (Å²) in [5, 5.41) is 20.4. The number of benzene rings is 2. The number of carbonyl (C=O) groups excluding carboxylic acids is 3. The average molecular weight is 911 g/mol. The summed E-state index contributed by atoms with van der Waals surface area (Å²) in [7, 11) is 1.27. The highest BCUT2D eigenvalue weighted by atomic mass is 31.1. The number of nitrogens with zero attached hydrogens (tertiary/aromatic N) is 3. The van der Waals surface area contributed by atoms with Crippen molar-refractivity contribution in [3.8, 4) is 0 Å². The van der Waals surface area contributed by atoms with Gasteiger partial charge in [-0.3, -0.25) is 19.2 Å². The van der Waals surface area contributed by atoms with Gasteiger partial charge in [-0.05, 0) is 97.4 Å². The first-order valence-electron chi connectivity index (χ1n) is 23.0. The van der Waals surface area contributed by atoms with Gasteiger partial charge in [0, 0.05) is 71.4 Å². The van der Waals surface area contributed by atoms with Crippen LogP contribution in [0.2, 0.25) is 0 Å². The number of ketones is 1. The van der Waals surface area contributed by atoms with Crippen molar-refractivity contribution >= 4 is 48.4 Å². The molecule has 5 N–H and O–H groups in total. The predicted molar refractivity (Wildman–Crippen MR) is 257 cm³/mol. The normalized spacial score (nSPS) is 14.8. The number of aliphatic hydroxyl groups is 1. The molecule has 1 aliphatic rings. The van der Waals surface area contributed by atoms with E-state index >= 15 is 0 Å². The van der Waals surface area contributed by atoms with Gasteiger partial charge in [-0.2, -0.15) is 0 Å². The van der Waals surface area contributed by atoms with Crippen LogP contribution in [-0.4, -0.2) is 113 Å². The number of carbonyl (C=O) groups is 4. The summed E-state index contributed by atoms with van der Waals surface area (Å²) < 4.78 is 6.29. The number of rotatable bonds is 26. The van der Waals surface area contributed by atoms with Gasteiger partial charge in [-0.15, -0.1) is 0 Å². The minimum absolute atomic E-state index is 0.00885. The summed E-state index contributed by atoms with van der Waals surface area (Å²) in [5.74, 6) is -0.0866. The molecule has 0 saturated heterocycles. The molecule has 14 nitrogen and oxygen atoms in total. The highest BCUT2D eigenvalue weighted by molar-refractivity contribution is 7.51. The molecule has 358 valence electrons. The summed E-state index contributed by atoms with van der Waals surface area (Å²) in [6.45, 7) is 23.7. The number of aliphatic carboxylic acids is 1. The minimum Gasteiger partial charge on any atom is -0.481 e. The molecule has 15 heteroatoms. The molecule has 3 aromatic rings. The van der Waals surface area contributed by atoms with Gasteiger partial charge >= 0.3 is 0 Å². The molecule has 2 amide bonds. The smallest absolute Gasteiger partial charge is 0.300 e. The number of unbranched alkanes of at least 4 members (excludes halogenated alkanes) is 2. The van der Waals surface area contributed by atoms with E-state index in [1.807, 2.05) is 68.1 Å². The van der Waals surface area contributed by atoms with Gasteiger partial charge in [0.1, 0.15) is 11.6 Å². The Balaban J connectivity index is 0.00000261. The van der Waals surface area contributed by atoms with Gasteiger partial charge in [0.2, 0.25) is 5.91 Å². The Labute approximate surface area is 383 Å². The molecular formula is C49H79N6O8P. The quantitative estimate of drug-likeness (QED) is 0.0294. The summed E-state index contributed by atoms with van der Waals surface area (Å²) in [4.78, 5) is 66.2. The van der Waals surface area contributed by atoms with E-state index in [0.717, 1.165) is 86.1 Å². The van der Waals surface area contributed by atoms with Crippen LogP contribution >= 0.6 is 8.15 Å². The monoisotopic (exact) mass is 911 g/mol. The Hall–Kier alpha value is -3.94. The van der Waals surface area contributed by atoms with Crippen LogP contribution in [0.5, 0.6) is 0 Å². The fraction of sp³-hybridized carbons (Fsp3) is 0.653. The highest BCUT2D eigenvalue weighted by Crippen LogP contribution is 2.41. The number of aromatic amines is 1. The second-order valence-electron chi connectivity index (χ2n) is 19.6. The number of hydrogen-bond acceptors (Lipinski definition) is 10. The number of fused-ring (bicyclic) bond motifs is 2. The lowest BCUT2D eigenvalue weighted by Crippen LogP contribution is -2.40. The predicted octanol–water partition coefficient (Wildman–Crippen LogP) is 8.89. The SMILES string of the molecule is CC(=O)O.CCC(C(=O)C(C)C(C)(C)CO)C(C)(C)CCCCP(C)OCCC(C)(C)CNOCCCCN(Cc1nc2ccccc2[nH]1)C(=O)c1ccc2c(c1)NCC(=O)N(C)C2. The number of amides is 2. The van der Waals surface area contributed by atoms with E-state index in [9.17, 15) is 19.5 Å². The van der Waals surface area contributed by atoms with Crippen molar-refractivity contribution in [1.29, 1.82) is 0 Å². The lowest BCUT2D eigenvalue weighted by atomic mass is 9.66. The first-order valence-corrected chi connectivity index (χ1v) is 24.9. The van der Waals surface area contributed by atoms with Crippen LogP contribution in [0, 0.1) is 28.1 Å². The number of aromatic nitrogens is 2. The molecule has 64 heavy (non-hydrogen) atoms. The van der Waals surface area contributed by atoms with Gasteiger partial charge in [0.25, 0.3) is 11.9 Å². The lowest BCUT2D eigenvalue weighted by molar-refractivity contribution is -0.135. The van der Waals surface area contributed by atoms with Crippen LogP contribution < -0.4 is 10.8 Å². The van der Waals surface area contributed by atoms with Crippen LogP contribution in [0.15, 0.2) is 42.5 Å². The number of Topliss-reactive ketones (excluding diaryl/α,β-unsaturated/α-hetero) is 1. The maximum absolute atomic E-state index is 14.0. The van der Waals surface area contributed by atoms with Crippen molar-refractivity contribution < 1.29 is 38.8 Å². The molecule has 2 aromatic carbocycles. The van der Waals surface area contributed by atoms with Gasteiger partial charge in [0.15, 0.2) is 0 Å². The van der Waals surface area contributed by atoms with Crippen molar-refractivity contribution in [2.75, 3.05) is 64.6 Å². The second-order valence-corrected chi connectivity index (χ2v) is 21.5. The van der Waals surface area contributed by atoms with Crippen molar-refractivity contribution in [1.82, 2.24) is 25.2 Å². The summed E-state index contributed by atoms with van der Waals surface area (Å²) in [5.41, 5.74) is 6.83. The Morgan fingerprint density at radius 2 is 1.70 bits per heavy atom. The Kier molecular flexibility index (Phi) is 21.8. The summed E-state index contributed by atoms with van der Waals surface area (Å²) in [6, 6.07) is 13.5. The van der Waals surface area contributed by atoms with E-state index in [-0.39, 0.29) is 53.4 Å². The topological polar surface area (TPSA) is 186 Å². The molecule has 4 rings (SSSR count). The number of H-pyrrole nitrogens is 1. The van der Waals surface area contributed by atoms with Crippen LogP contribution in [0.3, 0.4) is 0 Å². The zero-order valence-corrected chi connectivity index (χ0v) is 41.5. The third-order valence-electron chi connectivity index (χ3n) is 12.6. The van der Waals surface area contributed by atoms with Gasteiger partial charge < -0.3 is 39.7 Å². The number of aliphatic hydroxyl groups excluding tert-OH is 1. The highest BCUT2D eigenvalue weighted by Gasteiger charge is 2.40. The van der Waals surface area contributed by atoms with E-state index in [1.165, 1.54) is 0 Å². The van der Waals surface area contributed by atoms with Crippen molar-refractivity contribution in [3.05, 3.63) is 59.4 Å². The third-order valence-corrected chi connectivity index (χ3v) is 14.2. The number of hydrogen-bond donors (Lipinski definition) is 5. The van der Waals surface area contributed by atoms with E-state index in [1.54, 1.807) is 11.9 Å². The number of likely N-dealkylation sites (N-methyl/N-ethyl adjacent to an activating group) is 1. The molecule has 1 aliphatic heterocycles. The van der Waals surface area contributed by atoms with Crippen molar-refractivity contribution in [3.63, 3.8) is 0 Å². The molecule has 0 aliphatic carbocycles. The number of anilines is 1. The maximum Gasteiger partial charge on any atom is 0.300 e. The number of carboxylic acids is 1. The van der Waals surface area contributed by atoms with E-state index in [2.05, 4.69) is 57.1 Å². The molecule has 3 atom stereocenters. The fourth-order valence-electron chi connectivity index (χ4n) is 7.84. The van der Waals surface area contributed by atoms with E-state index < -0.39 is 19.5 Å². The average Bonchev–Trinajstić information content (AvgIpc) is 3.59. The zero-order valence-electron chi connectivity index (χ0n) is 40.6. The van der Waals surface area contributed by atoms with E-state index in [0.29, 0.717) is 45.0 Å². The first-order chi connectivity index (χ1) is 30.1. The number of para-hydroxylation sites is 2. The fourth-order valence-corrected chi connectivity index (χ4v) is 9.04. The van der Waals surface area contributed by atoms with Crippen LogP contribution in [-0.2, 0) is 36.8 Å². The number of imidazole rings is 1. The Morgan fingerprint density at radius 3 is 2.38 bits per heavy atom. The van der Waals surface area contributed by atoms with Crippen LogP contribution in [0.4, 0.5) is 5.69 Å². The summed E-state index contributed by atoms with van der Waals surface area (Å²) in [6.07, 6.45) is 7.47. The molecular weight excluding hydrogens is 832 g/mol. The maximum atomic E-state index is 14.0. The van der Waals surface area contributed by atoms with Crippen molar-refractivity contribution in [2.45, 2.75) is 120 Å². The number of nitrogens with one attached hydrogen (secondary N) is 3. The van der Waals surface area contributed by atoms with Gasteiger partial charge in [-0.1, -0.05) is 80.0 Å². The Morgan fingerprint density at radius 1 is 1.00 bits per heavy atom. The second kappa shape index (κ2) is 25.7. The van der Waals surface area contributed by atoms with Gasteiger partial charge in [0.05, 0.1) is 37.3 Å². The molecule has 0 bridgehead atoms. The largest absolute Gasteiger partial charge is 0.481 e. The van der Waals surface area contributed by atoms with Crippen molar-refractivity contribution in [2.24, 2.45) is 28.1 Å². The molecule has 2 heterocycles. The third kappa shape index (κ3) is 17.5. The first kappa shape index (κ1) is 54.4. The molecule has 0 saturated carbocycles. The van der Waals surface area contributed by atoms with E-state index in [4.69, 9.17) is 24.2 Å². The van der Waals surface area contributed by atoms with Crippen LogP contribution in [0.25, 0.3) is 11.0 Å². The molecule has 1 aromatic heterocycles. The molecule has 0 radical (unpaired) electrons.